The van der Waals surface area contributed by atoms with Crippen molar-refractivity contribution in [3.63, 3.8) is 0 Å². The van der Waals surface area contributed by atoms with E-state index in [-0.39, 0.29) is 5.41 Å². The largest absolute Gasteiger partial charge is 0.297 e. The number of thiazole rings is 1. The van der Waals surface area contributed by atoms with Crippen molar-refractivity contribution in [3.8, 4) is 6.07 Å². The zero-order chi connectivity index (χ0) is 14.7. The van der Waals surface area contributed by atoms with Gasteiger partial charge in [0, 0.05) is 24.2 Å². The van der Waals surface area contributed by atoms with Gasteiger partial charge in [-0.05, 0) is 25.3 Å². The van der Waals surface area contributed by atoms with Crippen LogP contribution in [0.5, 0.6) is 0 Å². The van der Waals surface area contributed by atoms with Gasteiger partial charge < -0.3 is 0 Å². The zero-order valence-electron chi connectivity index (χ0n) is 12.2. The van der Waals surface area contributed by atoms with E-state index in [1.54, 1.807) is 11.3 Å². The molecule has 1 aliphatic heterocycles. The molecular weight excluding hydrogens is 278 g/mol. The maximum absolute atomic E-state index is 9.70. The fourth-order valence-corrected chi connectivity index (χ4v) is 3.79. The summed E-state index contributed by atoms with van der Waals surface area (Å²) in [6.45, 7) is 4.86. The van der Waals surface area contributed by atoms with Gasteiger partial charge in [0.2, 0.25) is 0 Å². The molecule has 0 amide bonds. The molecule has 3 nitrogen and oxygen atoms in total. The zero-order valence-corrected chi connectivity index (χ0v) is 13.1. The lowest BCUT2D eigenvalue weighted by atomic mass is 9.74. The molecule has 21 heavy (non-hydrogen) atoms. The fourth-order valence-electron chi connectivity index (χ4n) is 2.98. The van der Waals surface area contributed by atoms with Crippen LogP contribution in [0.15, 0.2) is 35.7 Å². The summed E-state index contributed by atoms with van der Waals surface area (Å²) in [5.41, 5.74) is 1.95. The number of hydrogen-bond donors (Lipinski definition) is 0. The Labute approximate surface area is 129 Å². The van der Waals surface area contributed by atoms with Gasteiger partial charge in [0.25, 0.3) is 0 Å². The van der Waals surface area contributed by atoms with E-state index in [1.165, 1.54) is 5.01 Å². The van der Waals surface area contributed by atoms with Crippen molar-refractivity contribution in [1.29, 1.82) is 5.26 Å². The molecule has 1 aliphatic rings. The number of nitrogens with zero attached hydrogens (tertiary/aromatic N) is 3. The Morgan fingerprint density at radius 3 is 2.57 bits per heavy atom. The Morgan fingerprint density at radius 1 is 1.29 bits per heavy atom. The van der Waals surface area contributed by atoms with Crippen LogP contribution in [0.4, 0.5) is 0 Å². The minimum absolute atomic E-state index is 0.309. The van der Waals surface area contributed by atoms with Gasteiger partial charge >= 0.3 is 0 Å². The summed E-state index contributed by atoms with van der Waals surface area (Å²) in [5, 5.41) is 13.0. The van der Waals surface area contributed by atoms with Gasteiger partial charge in [0.15, 0.2) is 0 Å². The van der Waals surface area contributed by atoms with Crippen molar-refractivity contribution in [2.24, 2.45) is 0 Å². The molecule has 0 aliphatic carbocycles. The van der Waals surface area contributed by atoms with E-state index in [2.05, 4.69) is 33.5 Å². The van der Waals surface area contributed by atoms with Crippen LogP contribution in [0.3, 0.4) is 0 Å². The van der Waals surface area contributed by atoms with Crippen molar-refractivity contribution in [2.45, 2.75) is 31.7 Å². The Morgan fingerprint density at radius 2 is 2.00 bits per heavy atom. The van der Waals surface area contributed by atoms with Crippen LogP contribution in [0.2, 0.25) is 0 Å². The molecule has 1 aromatic heterocycles. The first-order valence-corrected chi connectivity index (χ1v) is 8.20. The quantitative estimate of drug-likeness (QED) is 0.870. The topological polar surface area (TPSA) is 39.9 Å². The molecule has 0 saturated carbocycles. The first-order valence-electron chi connectivity index (χ1n) is 7.32. The van der Waals surface area contributed by atoms with Crippen LogP contribution in [-0.2, 0) is 12.0 Å². The van der Waals surface area contributed by atoms with Crippen molar-refractivity contribution >= 4 is 11.3 Å². The maximum Gasteiger partial charge on any atom is 0.107 e. The number of aromatic nitrogens is 1. The van der Waals surface area contributed by atoms with Gasteiger partial charge in [0.05, 0.1) is 18.0 Å². The Kier molecular flexibility index (Phi) is 4.05. The molecular formula is C17H19N3S. The molecule has 3 rings (SSSR count). The number of likely N-dealkylation sites (tertiary alicyclic amines) is 1. The third-order valence-corrected chi connectivity index (χ3v) is 5.23. The van der Waals surface area contributed by atoms with Gasteiger partial charge in [-0.2, -0.15) is 5.26 Å². The lowest BCUT2D eigenvalue weighted by Crippen LogP contribution is -2.41. The summed E-state index contributed by atoms with van der Waals surface area (Å²) < 4.78 is 0. The van der Waals surface area contributed by atoms with Crippen LogP contribution in [-0.4, -0.2) is 23.0 Å². The molecule has 0 spiro atoms. The summed E-state index contributed by atoms with van der Waals surface area (Å²) in [7, 11) is 0. The molecule has 4 heteroatoms. The average molecular weight is 297 g/mol. The molecule has 1 fully saturated rings. The highest BCUT2D eigenvalue weighted by atomic mass is 32.1. The monoisotopic (exact) mass is 297 g/mol. The highest BCUT2D eigenvalue weighted by molar-refractivity contribution is 7.09. The van der Waals surface area contributed by atoms with Crippen molar-refractivity contribution in [3.05, 3.63) is 52.0 Å². The summed E-state index contributed by atoms with van der Waals surface area (Å²) in [6, 6.07) is 12.8. The number of nitriles is 1. The molecule has 1 aromatic carbocycles. The second kappa shape index (κ2) is 5.97. The van der Waals surface area contributed by atoms with Gasteiger partial charge in [-0.25, -0.2) is 4.98 Å². The third-order valence-electron chi connectivity index (χ3n) is 4.28. The summed E-state index contributed by atoms with van der Waals surface area (Å²) in [4.78, 5) is 6.94. The smallest absolute Gasteiger partial charge is 0.107 e. The summed E-state index contributed by atoms with van der Waals surface area (Å²) in [5.74, 6) is 0. The molecule has 1 saturated heterocycles. The van der Waals surface area contributed by atoms with E-state index in [0.717, 1.165) is 43.7 Å². The lowest BCUT2D eigenvalue weighted by Gasteiger charge is -2.37. The Balaban J connectivity index is 1.68. The molecule has 108 valence electrons. The van der Waals surface area contributed by atoms with Gasteiger partial charge in [-0.3, -0.25) is 4.90 Å². The second-order valence-electron chi connectivity index (χ2n) is 5.72. The predicted molar refractivity (Wildman–Crippen MR) is 85.1 cm³/mol. The van der Waals surface area contributed by atoms with E-state index in [1.807, 2.05) is 25.1 Å². The molecule has 2 aromatic rings. The van der Waals surface area contributed by atoms with Crippen molar-refractivity contribution < 1.29 is 0 Å². The van der Waals surface area contributed by atoms with E-state index in [9.17, 15) is 5.26 Å². The van der Waals surface area contributed by atoms with Gasteiger partial charge in [-0.15, -0.1) is 11.3 Å². The highest BCUT2D eigenvalue weighted by Gasteiger charge is 2.36. The summed E-state index contributed by atoms with van der Waals surface area (Å²) >= 11 is 1.73. The number of rotatable bonds is 3. The minimum Gasteiger partial charge on any atom is -0.297 e. The van der Waals surface area contributed by atoms with Crippen LogP contribution >= 0.6 is 11.3 Å². The predicted octanol–water partition coefficient (Wildman–Crippen LogP) is 3.51. The van der Waals surface area contributed by atoms with Crippen LogP contribution in [0.25, 0.3) is 0 Å². The normalized spacial score (nSPS) is 18.3. The number of benzene rings is 1. The lowest BCUT2D eigenvalue weighted by molar-refractivity contribution is 0.179. The Bertz CT molecular complexity index is 634. The van der Waals surface area contributed by atoms with E-state index in [0.29, 0.717) is 0 Å². The van der Waals surface area contributed by atoms with Crippen LogP contribution in [0, 0.1) is 18.3 Å². The molecule has 0 N–H and O–H groups in total. The third kappa shape index (κ3) is 2.99. The van der Waals surface area contributed by atoms with E-state index < -0.39 is 0 Å². The van der Waals surface area contributed by atoms with Crippen molar-refractivity contribution in [2.75, 3.05) is 13.1 Å². The van der Waals surface area contributed by atoms with E-state index in [4.69, 9.17) is 0 Å². The summed E-state index contributed by atoms with van der Waals surface area (Å²) in [6.07, 6.45) is 1.80. The molecule has 2 heterocycles. The average Bonchev–Trinajstić information content (AvgIpc) is 2.94. The van der Waals surface area contributed by atoms with Gasteiger partial charge in [-0.1, -0.05) is 30.3 Å². The number of aryl methyl sites for hydroxylation is 1. The van der Waals surface area contributed by atoms with E-state index >= 15 is 0 Å². The second-order valence-corrected chi connectivity index (χ2v) is 6.66. The van der Waals surface area contributed by atoms with Crippen molar-refractivity contribution in [1.82, 2.24) is 9.88 Å². The van der Waals surface area contributed by atoms with Crippen LogP contribution < -0.4 is 0 Å². The SMILES string of the molecule is Cc1csc(CN2CCC(C#N)(c3ccccc3)CC2)n1. The fraction of sp³-hybridized carbons (Fsp3) is 0.412. The first kappa shape index (κ1) is 14.2. The number of hydrogen-bond acceptors (Lipinski definition) is 4. The van der Waals surface area contributed by atoms with Crippen LogP contribution in [0.1, 0.15) is 29.1 Å². The highest BCUT2D eigenvalue weighted by Crippen LogP contribution is 2.35. The molecule has 0 radical (unpaired) electrons. The molecule has 0 bridgehead atoms. The standard InChI is InChI=1S/C17H19N3S/c1-14-12-21-16(19-14)11-20-9-7-17(13-18,8-10-20)15-5-3-2-4-6-15/h2-6,12H,7-11H2,1H3. The Hall–Kier alpha value is -1.70. The molecule has 0 atom stereocenters. The minimum atomic E-state index is -0.309. The van der Waals surface area contributed by atoms with Gasteiger partial charge in [0.1, 0.15) is 5.01 Å². The maximum atomic E-state index is 9.70. The molecule has 0 unspecified atom stereocenters. The number of piperidine rings is 1. The first-order chi connectivity index (χ1) is 10.2.